The molecule has 0 radical (unpaired) electrons. The minimum atomic E-state index is -3.67. The molecule has 146 valence electrons. The molecule has 5 nitrogen and oxygen atoms in total. The van der Waals surface area contributed by atoms with Crippen LogP contribution in [0.25, 0.3) is 10.8 Å². The van der Waals surface area contributed by atoms with Crippen molar-refractivity contribution >= 4 is 37.7 Å². The van der Waals surface area contributed by atoms with Crippen LogP contribution in [0.5, 0.6) is 0 Å². The SMILES string of the molecule is CC1(C2C=C(NS(=O)(=O)c3ccc4ccccc4c3)C=CC2)CCSC(N)=N1. The fraction of sp³-hybridized carbons (Fsp3) is 0.286. The van der Waals surface area contributed by atoms with Crippen molar-refractivity contribution in [3.05, 3.63) is 66.4 Å². The van der Waals surface area contributed by atoms with Crippen molar-refractivity contribution in [2.75, 3.05) is 5.75 Å². The van der Waals surface area contributed by atoms with Gasteiger partial charge in [0.05, 0.1) is 10.4 Å². The number of nitrogens with two attached hydrogens (primary N) is 1. The standard InChI is InChI=1S/C21H23N3O2S2/c1-21(11-12-27-20(22)23-21)17-7-4-8-18(14-17)24-28(25,26)19-10-9-15-5-2-3-6-16(15)13-19/h2-6,8-10,13-14,17,24H,7,11-12H2,1H3,(H2,22,23). The van der Waals surface area contributed by atoms with E-state index in [9.17, 15) is 8.42 Å². The number of nitrogens with one attached hydrogen (secondary N) is 1. The lowest BCUT2D eigenvalue weighted by Gasteiger charge is -2.36. The summed E-state index contributed by atoms with van der Waals surface area (Å²) in [5.41, 5.74) is 6.21. The van der Waals surface area contributed by atoms with Crippen LogP contribution in [0.3, 0.4) is 0 Å². The number of hydrogen-bond acceptors (Lipinski definition) is 5. The lowest BCUT2D eigenvalue weighted by molar-refractivity contribution is 0.341. The van der Waals surface area contributed by atoms with Crippen LogP contribution in [0.15, 0.2) is 76.3 Å². The van der Waals surface area contributed by atoms with E-state index in [-0.39, 0.29) is 16.4 Å². The third-order valence-corrected chi connectivity index (χ3v) is 7.55. The molecule has 0 spiro atoms. The summed E-state index contributed by atoms with van der Waals surface area (Å²) in [5.74, 6) is 1.03. The summed E-state index contributed by atoms with van der Waals surface area (Å²) >= 11 is 1.57. The number of benzene rings is 2. The highest BCUT2D eigenvalue weighted by atomic mass is 32.2. The first-order valence-corrected chi connectivity index (χ1v) is 11.7. The molecule has 2 aliphatic rings. The van der Waals surface area contributed by atoms with Gasteiger partial charge in [-0.2, -0.15) is 0 Å². The Morgan fingerprint density at radius 3 is 2.79 bits per heavy atom. The Morgan fingerprint density at radius 2 is 2.00 bits per heavy atom. The molecule has 1 heterocycles. The van der Waals surface area contributed by atoms with Crippen molar-refractivity contribution in [1.82, 2.24) is 4.72 Å². The van der Waals surface area contributed by atoms with E-state index in [0.717, 1.165) is 29.4 Å². The number of aliphatic imine (C=N–C) groups is 1. The molecule has 2 unspecified atom stereocenters. The molecular formula is C21H23N3O2S2. The van der Waals surface area contributed by atoms with Crippen LogP contribution in [-0.2, 0) is 10.0 Å². The van der Waals surface area contributed by atoms with E-state index in [4.69, 9.17) is 5.73 Å². The molecule has 7 heteroatoms. The van der Waals surface area contributed by atoms with Gasteiger partial charge in [-0.3, -0.25) is 9.71 Å². The molecule has 3 N–H and O–H groups in total. The van der Waals surface area contributed by atoms with E-state index in [1.807, 2.05) is 48.6 Å². The van der Waals surface area contributed by atoms with Crippen LogP contribution in [0, 0.1) is 5.92 Å². The first-order valence-electron chi connectivity index (χ1n) is 9.24. The van der Waals surface area contributed by atoms with Gasteiger partial charge in [-0.25, -0.2) is 8.42 Å². The average Bonchev–Trinajstić information content (AvgIpc) is 2.67. The normalized spacial score (nSPS) is 25.2. The van der Waals surface area contributed by atoms with E-state index in [0.29, 0.717) is 10.9 Å². The van der Waals surface area contributed by atoms with Crippen molar-refractivity contribution in [2.24, 2.45) is 16.6 Å². The fourth-order valence-electron chi connectivity index (χ4n) is 3.70. The highest BCUT2D eigenvalue weighted by Crippen LogP contribution is 2.37. The van der Waals surface area contributed by atoms with Gasteiger partial charge in [0.25, 0.3) is 10.0 Å². The molecule has 0 amide bonds. The zero-order valence-corrected chi connectivity index (χ0v) is 17.3. The Kier molecular flexibility index (Phi) is 4.97. The third kappa shape index (κ3) is 3.82. The Labute approximate surface area is 169 Å². The lowest BCUT2D eigenvalue weighted by Crippen LogP contribution is -2.38. The van der Waals surface area contributed by atoms with Gasteiger partial charge >= 0.3 is 0 Å². The molecular weight excluding hydrogens is 390 g/mol. The molecule has 0 aromatic heterocycles. The van der Waals surface area contributed by atoms with Crippen LogP contribution < -0.4 is 10.5 Å². The Bertz CT molecular complexity index is 1110. The van der Waals surface area contributed by atoms with Crippen molar-refractivity contribution in [3.8, 4) is 0 Å². The quantitative estimate of drug-likeness (QED) is 0.799. The van der Waals surface area contributed by atoms with Crippen LogP contribution in [0.2, 0.25) is 0 Å². The molecule has 0 saturated carbocycles. The van der Waals surface area contributed by atoms with Gasteiger partial charge in [-0.05, 0) is 48.7 Å². The Balaban J connectivity index is 1.60. The lowest BCUT2D eigenvalue weighted by atomic mass is 9.79. The molecule has 0 fully saturated rings. The number of nitrogens with zero attached hydrogens (tertiary/aromatic N) is 1. The summed E-state index contributed by atoms with van der Waals surface area (Å²) in [6.45, 7) is 2.09. The van der Waals surface area contributed by atoms with Crippen LogP contribution in [0.1, 0.15) is 19.8 Å². The molecule has 1 aliphatic heterocycles. The second-order valence-electron chi connectivity index (χ2n) is 7.39. The predicted octanol–water partition coefficient (Wildman–Crippen LogP) is 3.79. The van der Waals surface area contributed by atoms with Gasteiger partial charge in [0, 0.05) is 17.4 Å². The minimum absolute atomic E-state index is 0.103. The smallest absolute Gasteiger partial charge is 0.261 e. The van der Waals surface area contributed by atoms with Crippen LogP contribution in [-0.4, -0.2) is 24.9 Å². The Morgan fingerprint density at radius 1 is 1.21 bits per heavy atom. The molecule has 0 bridgehead atoms. The third-order valence-electron chi connectivity index (χ3n) is 5.37. The van der Waals surface area contributed by atoms with Crippen LogP contribution >= 0.6 is 11.8 Å². The average molecular weight is 414 g/mol. The maximum Gasteiger partial charge on any atom is 0.261 e. The van der Waals surface area contributed by atoms with Crippen molar-refractivity contribution in [1.29, 1.82) is 0 Å². The topological polar surface area (TPSA) is 84.5 Å². The van der Waals surface area contributed by atoms with Gasteiger partial charge < -0.3 is 5.73 Å². The second-order valence-corrected chi connectivity index (χ2v) is 10.2. The molecule has 28 heavy (non-hydrogen) atoms. The largest absolute Gasteiger partial charge is 0.379 e. The summed E-state index contributed by atoms with van der Waals surface area (Å²) in [7, 11) is -3.67. The van der Waals surface area contributed by atoms with E-state index in [1.165, 1.54) is 0 Å². The molecule has 2 aromatic rings. The first kappa shape index (κ1) is 19.1. The number of amidine groups is 1. The number of hydrogen-bond donors (Lipinski definition) is 2. The summed E-state index contributed by atoms with van der Waals surface area (Å²) in [4.78, 5) is 4.92. The summed E-state index contributed by atoms with van der Waals surface area (Å²) in [5, 5.41) is 2.51. The van der Waals surface area contributed by atoms with Crippen LogP contribution in [0.4, 0.5) is 0 Å². The predicted molar refractivity (Wildman–Crippen MR) is 117 cm³/mol. The highest BCUT2D eigenvalue weighted by molar-refractivity contribution is 8.13. The number of rotatable bonds is 4. The zero-order valence-electron chi connectivity index (χ0n) is 15.6. The summed E-state index contributed by atoms with van der Waals surface area (Å²) in [6, 6.07) is 12.9. The summed E-state index contributed by atoms with van der Waals surface area (Å²) in [6.07, 6.45) is 7.54. The highest BCUT2D eigenvalue weighted by Gasteiger charge is 2.35. The van der Waals surface area contributed by atoms with Gasteiger partial charge in [-0.15, -0.1) is 0 Å². The number of fused-ring (bicyclic) bond motifs is 1. The monoisotopic (exact) mass is 413 g/mol. The zero-order chi connectivity index (χ0) is 19.8. The van der Waals surface area contributed by atoms with Crippen molar-refractivity contribution in [2.45, 2.75) is 30.2 Å². The molecule has 1 aliphatic carbocycles. The maximum absolute atomic E-state index is 12.9. The number of sulfonamides is 1. The van der Waals surface area contributed by atoms with Gasteiger partial charge in [-0.1, -0.05) is 54.2 Å². The number of thioether (sulfide) groups is 1. The molecule has 0 saturated heterocycles. The van der Waals surface area contributed by atoms with Gasteiger partial charge in [0.1, 0.15) is 0 Å². The fourth-order valence-corrected chi connectivity index (χ4v) is 5.79. The van der Waals surface area contributed by atoms with E-state index < -0.39 is 10.0 Å². The number of allylic oxidation sites excluding steroid dienone is 2. The van der Waals surface area contributed by atoms with Gasteiger partial charge in [0.2, 0.25) is 0 Å². The van der Waals surface area contributed by atoms with E-state index in [2.05, 4.69) is 16.6 Å². The van der Waals surface area contributed by atoms with Crippen molar-refractivity contribution < 1.29 is 8.42 Å². The minimum Gasteiger partial charge on any atom is -0.379 e. The Hall–Kier alpha value is -2.25. The first-order chi connectivity index (χ1) is 13.4. The van der Waals surface area contributed by atoms with E-state index >= 15 is 0 Å². The molecule has 2 aromatic carbocycles. The molecule has 2 atom stereocenters. The van der Waals surface area contributed by atoms with Crippen molar-refractivity contribution in [3.63, 3.8) is 0 Å². The molecule has 4 rings (SSSR count). The second kappa shape index (κ2) is 7.29. The van der Waals surface area contributed by atoms with E-state index in [1.54, 1.807) is 23.9 Å². The maximum atomic E-state index is 12.9. The summed E-state index contributed by atoms with van der Waals surface area (Å²) < 4.78 is 28.6. The van der Waals surface area contributed by atoms with Gasteiger partial charge in [0.15, 0.2) is 5.17 Å².